The molecule has 2 heterocycles. The van der Waals surface area contributed by atoms with Gasteiger partial charge in [0.1, 0.15) is 0 Å². The molecule has 3 rings (SSSR count). The predicted molar refractivity (Wildman–Crippen MR) is 82.9 cm³/mol. The van der Waals surface area contributed by atoms with E-state index in [4.69, 9.17) is 4.74 Å². The molecule has 1 saturated carbocycles. The number of hydrogen-bond donors (Lipinski definition) is 1. The number of hydrogen-bond acceptors (Lipinski definition) is 3. The molecule has 0 aromatic heterocycles. The van der Waals surface area contributed by atoms with Crippen LogP contribution in [0.1, 0.15) is 52.9 Å². The molecule has 116 valence electrons. The Morgan fingerprint density at radius 1 is 1.10 bits per heavy atom. The second kappa shape index (κ2) is 6.33. The third-order valence-corrected chi connectivity index (χ3v) is 5.75. The summed E-state index contributed by atoms with van der Waals surface area (Å²) in [4.78, 5) is 2.71. The molecule has 0 aromatic rings. The Hall–Kier alpha value is -0.120. The average molecular weight is 280 g/mol. The Labute approximate surface area is 124 Å². The van der Waals surface area contributed by atoms with Gasteiger partial charge in [0.25, 0.3) is 0 Å². The lowest BCUT2D eigenvalue weighted by molar-refractivity contribution is -0.0111. The van der Waals surface area contributed by atoms with Crippen LogP contribution in [-0.2, 0) is 4.74 Å². The van der Waals surface area contributed by atoms with Crippen LogP contribution in [-0.4, -0.2) is 48.8 Å². The van der Waals surface area contributed by atoms with Crippen LogP contribution in [0.2, 0.25) is 0 Å². The third kappa shape index (κ3) is 3.20. The fourth-order valence-corrected chi connectivity index (χ4v) is 4.59. The van der Waals surface area contributed by atoms with Gasteiger partial charge in [-0.3, -0.25) is 0 Å². The molecule has 4 atom stereocenters. The highest BCUT2D eigenvalue weighted by molar-refractivity contribution is 4.97. The van der Waals surface area contributed by atoms with Crippen molar-refractivity contribution in [1.82, 2.24) is 10.2 Å². The highest BCUT2D eigenvalue weighted by atomic mass is 16.5. The maximum absolute atomic E-state index is 5.69. The molecule has 0 radical (unpaired) electrons. The van der Waals surface area contributed by atoms with Gasteiger partial charge >= 0.3 is 0 Å². The number of nitrogens with one attached hydrogen (secondary N) is 1. The minimum Gasteiger partial charge on any atom is -0.378 e. The molecule has 2 saturated heterocycles. The van der Waals surface area contributed by atoms with Crippen molar-refractivity contribution >= 4 is 0 Å². The molecule has 0 aromatic carbocycles. The van der Waals surface area contributed by atoms with Gasteiger partial charge in [-0.05, 0) is 58.3 Å². The van der Waals surface area contributed by atoms with Gasteiger partial charge in [-0.15, -0.1) is 0 Å². The second-order valence-corrected chi connectivity index (χ2v) is 7.59. The monoisotopic (exact) mass is 280 g/mol. The second-order valence-electron chi connectivity index (χ2n) is 7.59. The van der Waals surface area contributed by atoms with Crippen LogP contribution >= 0.6 is 0 Å². The summed E-state index contributed by atoms with van der Waals surface area (Å²) in [5, 5.41) is 4.04. The first-order valence-electron chi connectivity index (χ1n) is 8.75. The maximum Gasteiger partial charge on any atom is 0.0561 e. The first-order chi connectivity index (χ1) is 9.63. The van der Waals surface area contributed by atoms with Crippen LogP contribution in [0.25, 0.3) is 0 Å². The number of fused-ring (bicyclic) bond motifs is 2. The molecule has 4 unspecified atom stereocenters. The van der Waals surface area contributed by atoms with Crippen LogP contribution in [0.3, 0.4) is 0 Å². The van der Waals surface area contributed by atoms with Crippen molar-refractivity contribution in [2.75, 3.05) is 19.7 Å². The van der Waals surface area contributed by atoms with Crippen molar-refractivity contribution in [1.29, 1.82) is 0 Å². The van der Waals surface area contributed by atoms with Crippen LogP contribution in [0.15, 0.2) is 0 Å². The summed E-state index contributed by atoms with van der Waals surface area (Å²) >= 11 is 0. The first kappa shape index (κ1) is 14.8. The summed E-state index contributed by atoms with van der Waals surface area (Å²) in [5.41, 5.74) is 0. The number of piperidine rings is 1. The zero-order valence-corrected chi connectivity index (χ0v) is 13.5. The van der Waals surface area contributed by atoms with E-state index in [-0.39, 0.29) is 0 Å². The molecule has 0 amide bonds. The van der Waals surface area contributed by atoms with Crippen molar-refractivity contribution in [3.63, 3.8) is 0 Å². The van der Waals surface area contributed by atoms with E-state index < -0.39 is 0 Å². The summed E-state index contributed by atoms with van der Waals surface area (Å²) in [7, 11) is 0. The van der Waals surface area contributed by atoms with Crippen molar-refractivity contribution in [3.05, 3.63) is 0 Å². The minimum atomic E-state index is 0.442. The Kier molecular flexibility index (Phi) is 4.68. The number of ether oxygens (including phenoxy) is 1. The van der Waals surface area contributed by atoms with E-state index in [9.17, 15) is 0 Å². The van der Waals surface area contributed by atoms with Crippen LogP contribution < -0.4 is 5.32 Å². The molecule has 2 aliphatic heterocycles. The number of rotatable bonds is 3. The van der Waals surface area contributed by atoms with E-state index in [1.165, 1.54) is 45.2 Å². The van der Waals surface area contributed by atoms with E-state index in [0.717, 1.165) is 24.5 Å². The standard InChI is InChI=1S/C17H32N2O/c1-12(2)19-10-14-5-4-6-15(11-19)17(14)18-16-7-8-20-13(3)9-16/h12-18H,4-11H2,1-3H3. The summed E-state index contributed by atoms with van der Waals surface area (Å²) < 4.78 is 5.69. The van der Waals surface area contributed by atoms with Gasteiger partial charge in [0.05, 0.1) is 6.10 Å². The van der Waals surface area contributed by atoms with Crippen molar-refractivity contribution < 1.29 is 4.74 Å². The molecular formula is C17H32N2O. The molecule has 3 nitrogen and oxygen atoms in total. The Balaban J connectivity index is 1.61. The number of likely N-dealkylation sites (tertiary alicyclic amines) is 1. The van der Waals surface area contributed by atoms with Gasteiger partial charge in [0.2, 0.25) is 0 Å². The normalized spacial score (nSPS) is 42.9. The minimum absolute atomic E-state index is 0.442. The lowest BCUT2D eigenvalue weighted by Gasteiger charge is -2.50. The van der Waals surface area contributed by atoms with Crippen molar-refractivity contribution in [3.8, 4) is 0 Å². The van der Waals surface area contributed by atoms with E-state index >= 15 is 0 Å². The smallest absolute Gasteiger partial charge is 0.0561 e. The molecule has 1 N–H and O–H groups in total. The molecule has 3 aliphatic rings. The van der Waals surface area contributed by atoms with Gasteiger partial charge in [0, 0.05) is 37.8 Å². The molecule has 20 heavy (non-hydrogen) atoms. The first-order valence-corrected chi connectivity index (χ1v) is 8.75. The van der Waals surface area contributed by atoms with Gasteiger partial charge in [-0.1, -0.05) is 6.42 Å². The highest BCUT2D eigenvalue weighted by Crippen LogP contribution is 2.36. The summed E-state index contributed by atoms with van der Waals surface area (Å²) in [6.45, 7) is 10.5. The molecule has 2 bridgehead atoms. The topological polar surface area (TPSA) is 24.5 Å². The lowest BCUT2D eigenvalue weighted by atomic mass is 9.72. The van der Waals surface area contributed by atoms with Crippen molar-refractivity contribution in [2.24, 2.45) is 11.8 Å². The van der Waals surface area contributed by atoms with E-state index in [2.05, 4.69) is 31.0 Å². The SMILES string of the molecule is CC1CC(NC2C3CCCC2CN(C(C)C)C3)CCO1. The van der Waals surface area contributed by atoms with Gasteiger partial charge in [-0.2, -0.15) is 0 Å². The molecule has 0 spiro atoms. The van der Waals surface area contributed by atoms with Crippen LogP contribution in [0.4, 0.5) is 0 Å². The third-order valence-electron chi connectivity index (χ3n) is 5.75. The largest absolute Gasteiger partial charge is 0.378 e. The fraction of sp³-hybridized carbons (Fsp3) is 1.00. The fourth-order valence-electron chi connectivity index (χ4n) is 4.59. The van der Waals surface area contributed by atoms with Gasteiger partial charge < -0.3 is 15.0 Å². The summed E-state index contributed by atoms with van der Waals surface area (Å²) in [5.74, 6) is 1.76. The van der Waals surface area contributed by atoms with Crippen LogP contribution in [0.5, 0.6) is 0 Å². The molecular weight excluding hydrogens is 248 g/mol. The predicted octanol–water partition coefficient (Wildman–Crippen LogP) is 2.65. The lowest BCUT2D eigenvalue weighted by Crippen LogP contribution is -2.60. The number of nitrogens with zero attached hydrogens (tertiary/aromatic N) is 1. The Morgan fingerprint density at radius 3 is 2.40 bits per heavy atom. The molecule has 3 fully saturated rings. The van der Waals surface area contributed by atoms with Crippen molar-refractivity contribution in [2.45, 2.75) is 77.1 Å². The zero-order valence-electron chi connectivity index (χ0n) is 13.5. The van der Waals surface area contributed by atoms with E-state index in [0.29, 0.717) is 18.2 Å². The molecule has 1 aliphatic carbocycles. The van der Waals surface area contributed by atoms with Gasteiger partial charge in [-0.25, -0.2) is 0 Å². The quantitative estimate of drug-likeness (QED) is 0.860. The highest BCUT2D eigenvalue weighted by Gasteiger charge is 2.40. The maximum atomic E-state index is 5.69. The zero-order chi connectivity index (χ0) is 14.1. The average Bonchev–Trinajstić information content (AvgIpc) is 2.38. The van der Waals surface area contributed by atoms with E-state index in [1.807, 2.05) is 0 Å². The Bertz CT molecular complexity index is 306. The van der Waals surface area contributed by atoms with Crippen LogP contribution in [0, 0.1) is 11.8 Å². The Morgan fingerprint density at radius 2 is 1.80 bits per heavy atom. The summed E-state index contributed by atoms with van der Waals surface area (Å²) in [6, 6.07) is 2.17. The summed E-state index contributed by atoms with van der Waals surface area (Å²) in [6.07, 6.45) is 7.14. The van der Waals surface area contributed by atoms with E-state index in [1.54, 1.807) is 0 Å². The van der Waals surface area contributed by atoms with Gasteiger partial charge in [0.15, 0.2) is 0 Å². The molecule has 3 heteroatoms.